The van der Waals surface area contributed by atoms with E-state index in [1.807, 2.05) is 29.2 Å². The number of halogens is 2. The zero-order chi connectivity index (χ0) is 20.9. The maximum Gasteiger partial charge on any atom is 0.249 e. The van der Waals surface area contributed by atoms with Gasteiger partial charge < -0.3 is 9.32 Å². The number of aromatic nitrogens is 2. The molecule has 0 amide bonds. The molecular formula is C20H16F2N4O3S. The van der Waals surface area contributed by atoms with Gasteiger partial charge in [0.05, 0.1) is 0 Å². The Kier molecular flexibility index (Phi) is 4.40. The molecule has 10 heteroatoms. The Morgan fingerprint density at radius 3 is 2.33 bits per heavy atom. The fourth-order valence-corrected chi connectivity index (χ4v) is 5.27. The van der Waals surface area contributed by atoms with Crippen molar-refractivity contribution in [1.29, 1.82) is 0 Å². The molecule has 154 valence electrons. The molecular weight excluding hydrogens is 414 g/mol. The SMILES string of the molecule is O=S(=O)(c1c(F)cccc1F)N1CCN(c2ncnc3c2oc2ccccc23)CC1. The van der Waals surface area contributed by atoms with Gasteiger partial charge in [-0.1, -0.05) is 18.2 Å². The van der Waals surface area contributed by atoms with E-state index in [9.17, 15) is 17.2 Å². The van der Waals surface area contributed by atoms with E-state index in [0.717, 1.165) is 27.9 Å². The molecule has 2 aromatic carbocycles. The minimum absolute atomic E-state index is 0.0574. The largest absolute Gasteiger partial charge is 0.450 e. The van der Waals surface area contributed by atoms with Crippen molar-refractivity contribution in [2.75, 3.05) is 31.1 Å². The molecule has 1 aliphatic rings. The normalized spacial score (nSPS) is 15.9. The number of benzene rings is 2. The Morgan fingerprint density at radius 2 is 1.60 bits per heavy atom. The highest BCUT2D eigenvalue weighted by Gasteiger charge is 2.34. The summed E-state index contributed by atoms with van der Waals surface area (Å²) >= 11 is 0. The summed E-state index contributed by atoms with van der Waals surface area (Å²) in [5.74, 6) is -1.64. The molecule has 0 N–H and O–H groups in total. The zero-order valence-electron chi connectivity index (χ0n) is 15.6. The average molecular weight is 430 g/mol. The molecule has 2 aromatic heterocycles. The predicted molar refractivity (Wildman–Crippen MR) is 107 cm³/mol. The highest BCUT2D eigenvalue weighted by atomic mass is 32.2. The summed E-state index contributed by atoms with van der Waals surface area (Å²) < 4.78 is 60.7. The summed E-state index contributed by atoms with van der Waals surface area (Å²) in [6.45, 7) is 0.695. The number of hydrogen-bond donors (Lipinski definition) is 0. The summed E-state index contributed by atoms with van der Waals surface area (Å²) in [6, 6.07) is 10.5. The fourth-order valence-electron chi connectivity index (χ4n) is 3.74. The van der Waals surface area contributed by atoms with Crippen LogP contribution in [-0.2, 0) is 10.0 Å². The summed E-state index contributed by atoms with van der Waals surface area (Å²) in [7, 11) is -4.29. The number of para-hydroxylation sites is 1. The number of nitrogens with zero attached hydrogens (tertiary/aromatic N) is 4. The number of hydrogen-bond acceptors (Lipinski definition) is 6. The van der Waals surface area contributed by atoms with Crippen molar-refractivity contribution in [1.82, 2.24) is 14.3 Å². The molecule has 0 aliphatic carbocycles. The Morgan fingerprint density at radius 1 is 0.900 bits per heavy atom. The van der Waals surface area contributed by atoms with E-state index in [0.29, 0.717) is 35.6 Å². The Labute approximate surface area is 170 Å². The molecule has 3 heterocycles. The lowest BCUT2D eigenvalue weighted by Crippen LogP contribution is -2.49. The van der Waals surface area contributed by atoms with Crippen LogP contribution in [0.1, 0.15) is 0 Å². The van der Waals surface area contributed by atoms with Crippen LogP contribution < -0.4 is 4.90 Å². The van der Waals surface area contributed by atoms with Crippen LogP contribution in [0.2, 0.25) is 0 Å². The van der Waals surface area contributed by atoms with Gasteiger partial charge in [-0.25, -0.2) is 27.2 Å². The summed E-state index contributed by atoms with van der Waals surface area (Å²) in [6.07, 6.45) is 1.44. The summed E-state index contributed by atoms with van der Waals surface area (Å²) in [5.41, 5.74) is 1.89. The van der Waals surface area contributed by atoms with E-state index in [1.54, 1.807) is 0 Å². The van der Waals surface area contributed by atoms with Gasteiger partial charge in [0.2, 0.25) is 10.0 Å². The van der Waals surface area contributed by atoms with Crippen LogP contribution in [0.25, 0.3) is 22.1 Å². The molecule has 1 fully saturated rings. The van der Waals surface area contributed by atoms with Crippen molar-refractivity contribution in [2.45, 2.75) is 4.90 Å². The minimum Gasteiger partial charge on any atom is -0.450 e. The van der Waals surface area contributed by atoms with Crippen LogP contribution in [0.3, 0.4) is 0 Å². The first kappa shape index (κ1) is 18.9. The van der Waals surface area contributed by atoms with Gasteiger partial charge in [-0.3, -0.25) is 0 Å². The molecule has 0 saturated carbocycles. The summed E-state index contributed by atoms with van der Waals surface area (Å²) in [5, 5.41) is 0.868. The van der Waals surface area contributed by atoms with E-state index in [2.05, 4.69) is 9.97 Å². The second-order valence-electron chi connectivity index (χ2n) is 6.92. The molecule has 1 aliphatic heterocycles. The van der Waals surface area contributed by atoms with Crippen molar-refractivity contribution in [3.8, 4) is 0 Å². The van der Waals surface area contributed by atoms with E-state index in [4.69, 9.17) is 4.42 Å². The highest BCUT2D eigenvalue weighted by Crippen LogP contribution is 2.33. The summed E-state index contributed by atoms with van der Waals surface area (Å²) in [4.78, 5) is 9.62. The molecule has 0 unspecified atom stereocenters. The molecule has 0 radical (unpaired) electrons. The zero-order valence-corrected chi connectivity index (χ0v) is 16.4. The molecule has 0 bridgehead atoms. The standard InChI is InChI=1S/C20H16F2N4O3S/c21-14-5-3-6-15(22)19(14)30(27,28)26-10-8-25(9-11-26)20-18-17(23-12-24-20)13-4-1-2-7-16(13)29-18/h1-7,12H,8-11H2. The van der Waals surface area contributed by atoms with Gasteiger partial charge in [-0.15, -0.1) is 0 Å². The van der Waals surface area contributed by atoms with Crippen molar-refractivity contribution in [3.63, 3.8) is 0 Å². The second-order valence-corrected chi connectivity index (χ2v) is 8.79. The molecule has 0 spiro atoms. The first-order valence-corrected chi connectivity index (χ1v) is 10.7. The highest BCUT2D eigenvalue weighted by molar-refractivity contribution is 7.89. The smallest absolute Gasteiger partial charge is 0.249 e. The Bertz CT molecular complexity index is 1350. The molecule has 1 saturated heterocycles. The average Bonchev–Trinajstić information content (AvgIpc) is 3.12. The van der Waals surface area contributed by atoms with Gasteiger partial charge in [-0.2, -0.15) is 4.31 Å². The predicted octanol–water partition coefficient (Wildman–Crippen LogP) is 3.17. The van der Waals surface area contributed by atoms with Crippen molar-refractivity contribution < 1.29 is 21.6 Å². The monoisotopic (exact) mass is 430 g/mol. The van der Waals surface area contributed by atoms with Crippen LogP contribution in [0.4, 0.5) is 14.6 Å². The van der Waals surface area contributed by atoms with Crippen LogP contribution >= 0.6 is 0 Å². The molecule has 4 aromatic rings. The minimum atomic E-state index is -4.29. The fraction of sp³-hybridized carbons (Fsp3) is 0.200. The van der Waals surface area contributed by atoms with E-state index in [-0.39, 0.29) is 13.1 Å². The molecule has 7 nitrogen and oxygen atoms in total. The van der Waals surface area contributed by atoms with Gasteiger partial charge in [-0.05, 0) is 24.3 Å². The lowest BCUT2D eigenvalue weighted by Gasteiger charge is -2.34. The number of piperazine rings is 1. The number of rotatable bonds is 3. The van der Waals surface area contributed by atoms with Crippen LogP contribution in [0, 0.1) is 11.6 Å². The van der Waals surface area contributed by atoms with Gasteiger partial charge in [0.15, 0.2) is 16.3 Å². The van der Waals surface area contributed by atoms with Crippen molar-refractivity contribution >= 4 is 37.9 Å². The van der Waals surface area contributed by atoms with E-state index < -0.39 is 26.6 Å². The van der Waals surface area contributed by atoms with Gasteiger partial charge >= 0.3 is 0 Å². The quantitative estimate of drug-likeness (QED) is 0.497. The maximum atomic E-state index is 14.0. The third-order valence-electron chi connectivity index (χ3n) is 5.19. The van der Waals surface area contributed by atoms with E-state index >= 15 is 0 Å². The Balaban J connectivity index is 1.44. The molecule has 5 rings (SSSR count). The number of fused-ring (bicyclic) bond motifs is 3. The number of anilines is 1. The van der Waals surface area contributed by atoms with Crippen LogP contribution in [-0.4, -0.2) is 48.9 Å². The number of sulfonamides is 1. The number of furan rings is 1. The second kappa shape index (κ2) is 6.99. The van der Waals surface area contributed by atoms with Crippen LogP contribution in [0.15, 0.2) is 58.1 Å². The van der Waals surface area contributed by atoms with Gasteiger partial charge in [0, 0.05) is 31.6 Å². The van der Waals surface area contributed by atoms with E-state index in [1.165, 1.54) is 6.33 Å². The molecule has 0 atom stereocenters. The first-order chi connectivity index (χ1) is 14.5. The van der Waals surface area contributed by atoms with Crippen molar-refractivity contribution in [3.05, 3.63) is 60.4 Å². The van der Waals surface area contributed by atoms with Crippen molar-refractivity contribution in [2.24, 2.45) is 0 Å². The third kappa shape index (κ3) is 2.91. The van der Waals surface area contributed by atoms with Gasteiger partial charge in [0.25, 0.3) is 0 Å². The first-order valence-electron chi connectivity index (χ1n) is 9.28. The van der Waals surface area contributed by atoms with Gasteiger partial charge in [0.1, 0.15) is 29.1 Å². The van der Waals surface area contributed by atoms with Crippen LogP contribution in [0.5, 0.6) is 0 Å². The lowest BCUT2D eigenvalue weighted by molar-refractivity contribution is 0.377. The lowest BCUT2D eigenvalue weighted by atomic mass is 10.2. The molecule has 30 heavy (non-hydrogen) atoms. The topological polar surface area (TPSA) is 79.5 Å². The Hall–Kier alpha value is -3.11. The third-order valence-corrected chi connectivity index (χ3v) is 7.15. The maximum absolute atomic E-state index is 14.0.